The van der Waals surface area contributed by atoms with Gasteiger partial charge in [-0.05, 0) is 70.3 Å². The topological polar surface area (TPSA) is 111 Å². The van der Waals surface area contributed by atoms with Crippen LogP contribution in [0.15, 0.2) is 48.6 Å². The Morgan fingerprint density at radius 1 is 0.407 bits per heavy atom. The van der Waals surface area contributed by atoms with Gasteiger partial charge in [-0.1, -0.05) is 339 Å². The number of hydrogen-bond donors (Lipinski definition) is 2. The molecule has 0 rings (SSSR count). The molecule has 9 nitrogen and oxygen atoms in total. The van der Waals surface area contributed by atoms with E-state index >= 15 is 0 Å². The van der Waals surface area contributed by atoms with Crippen LogP contribution in [0, 0.1) is 0 Å². The van der Waals surface area contributed by atoms with Crippen LogP contribution in [0.5, 0.6) is 0 Å². The number of unbranched alkanes of at least 4 members (excludes halogenated alkanes) is 47. The Labute approximate surface area is 535 Å². The first-order valence-corrected chi connectivity index (χ1v) is 39.0. The van der Waals surface area contributed by atoms with Gasteiger partial charge in [0.25, 0.3) is 0 Å². The van der Waals surface area contributed by atoms with Crippen molar-refractivity contribution in [3.63, 3.8) is 0 Å². The largest absolute Gasteiger partial charge is 0.472 e. The minimum absolute atomic E-state index is 0.0419. The molecular weight excluding hydrogens is 1080 g/mol. The normalized spacial score (nSPS) is 13.7. The van der Waals surface area contributed by atoms with E-state index in [0.29, 0.717) is 23.9 Å². The maximum Gasteiger partial charge on any atom is 0.472 e. The third-order valence-electron chi connectivity index (χ3n) is 17.0. The fraction of sp³-hybridized carbons (Fsp3) is 0.868. The van der Waals surface area contributed by atoms with Crippen molar-refractivity contribution in [1.82, 2.24) is 5.32 Å². The van der Waals surface area contributed by atoms with Gasteiger partial charge in [-0.3, -0.25) is 18.6 Å². The molecule has 10 heteroatoms. The summed E-state index contributed by atoms with van der Waals surface area (Å²) in [4.78, 5) is 38.0. The number of amides is 1. The molecule has 0 heterocycles. The highest BCUT2D eigenvalue weighted by Gasteiger charge is 2.30. The lowest BCUT2D eigenvalue weighted by Crippen LogP contribution is -2.47. The molecule has 0 saturated carbocycles. The van der Waals surface area contributed by atoms with Crippen LogP contribution < -0.4 is 5.32 Å². The van der Waals surface area contributed by atoms with E-state index in [2.05, 4.69) is 68.6 Å². The summed E-state index contributed by atoms with van der Waals surface area (Å²) in [5.41, 5.74) is 0. The van der Waals surface area contributed by atoms with E-state index in [1.54, 1.807) is 0 Å². The van der Waals surface area contributed by atoms with E-state index < -0.39 is 20.0 Å². The second kappa shape index (κ2) is 65.9. The van der Waals surface area contributed by atoms with Crippen molar-refractivity contribution < 1.29 is 37.3 Å². The summed E-state index contributed by atoms with van der Waals surface area (Å²) >= 11 is 0. The molecule has 0 fully saturated rings. The molecule has 506 valence electrons. The highest BCUT2D eigenvalue weighted by molar-refractivity contribution is 7.47. The number of nitrogens with zero attached hydrogens (tertiary/aromatic N) is 1. The standard InChI is InChI=1S/C76H145N2O7P/c1-7-10-13-16-19-22-25-28-30-32-34-36-38-39-41-42-44-46-48-50-53-56-59-62-65-68-75(79)77-73(72-84-86(81,82)83-71-70-78(4,5)6)74(67-64-61-58-55-52-27-24-21-18-15-12-9-3)85-76(80)69-66-63-60-57-54-51-49-47-45-43-40-37-35-33-31-29-26-23-20-17-14-11-8-2/h19,22,28,30,34,36,64,67,73-74H,7-18,20-21,23-27,29,31-33,35,37-63,65-66,68-72H2,1-6H3,(H-,77,79,81,82)/p+1/b22-19-,30-28-,36-34-,67-64+. The van der Waals surface area contributed by atoms with E-state index in [1.807, 2.05) is 27.2 Å². The second-order valence-electron chi connectivity index (χ2n) is 26.8. The van der Waals surface area contributed by atoms with Crippen LogP contribution in [-0.4, -0.2) is 74.3 Å². The van der Waals surface area contributed by atoms with Crippen molar-refractivity contribution in [3.05, 3.63) is 48.6 Å². The predicted molar refractivity (Wildman–Crippen MR) is 374 cm³/mol. The molecule has 0 radical (unpaired) electrons. The number of quaternary nitrogens is 1. The molecule has 3 unspecified atom stereocenters. The number of nitrogens with one attached hydrogen (secondary N) is 1. The lowest BCUT2D eigenvalue weighted by Gasteiger charge is -2.27. The molecule has 0 aromatic heterocycles. The van der Waals surface area contributed by atoms with Gasteiger partial charge in [0.05, 0.1) is 33.8 Å². The van der Waals surface area contributed by atoms with E-state index in [9.17, 15) is 19.0 Å². The summed E-state index contributed by atoms with van der Waals surface area (Å²) in [6, 6.07) is -0.848. The Bertz CT molecular complexity index is 1610. The van der Waals surface area contributed by atoms with Crippen molar-refractivity contribution in [2.75, 3.05) is 40.9 Å². The number of allylic oxidation sites excluding steroid dienone is 7. The molecule has 3 atom stereocenters. The molecule has 0 aliphatic carbocycles. The first kappa shape index (κ1) is 84.0. The Morgan fingerprint density at radius 2 is 0.709 bits per heavy atom. The molecule has 86 heavy (non-hydrogen) atoms. The number of carbonyl (C=O) groups excluding carboxylic acids is 2. The van der Waals surface area contributed by atoms with E-state index in [0.717, 1.165) is 70.6 Å². The third kappa shape index (κ3) is 66.4. The van der Waals surface area contributed by atoms with Crippen LogP contribution in [-0.2, 0) is 27.9 Å². The van der Waals surface area contributed by atoms with Gasteiger partial charge in [0.15, 0.2) is 0 Å². The van der Waals surface area contributed by atoms with Crippen molar-refractivity contribution in [2.45, 2.75) is 386 Å². The van der Waals surface area contributed by atoms with Gasteiger partial charge < -0.3 is 19.4 Å². The van der Waals surface area contributed by atoms with Crippen molar-refractivity contribution in [2.24, 2.45) is 0 Å². The number of rotatable bonds is 69. The quantitative estimate of drug-likeness (QED) is 0.0205. The van der Waals surface area contributed by atoms with Crippen molar-refractivity contribution in [3.8, 4) is 0 Å². The Kier molecular flexibility index (Phi) is 64.4. The van der Waals surface area contributed by atoms with Crippen LogP contribution >= 0.6 is 7.82 Å². The van der Waals surface area contributed by atoms with Crippen molar-refractivity contribution in [1.29, 1.82) is 0 Å². The maximum atomic E-state index is 13.6. The summed E-state index contributed by atoms with van der Waals surface area (Å²) in [6.45, 7) is 7.05. The van der Waals surface area contributed by atoms with Gasteiger partial charge in [-0.15, -0.1) is 0 Å². The number of carbonyl (C=O) groups is 2. The predicted octanol–water partition coefficient (Wildman–Crippen LogP) is 24.0. The molecule has 1 amide bonds. The van der Waals surface area contributed by atoms with Gasteiger partial charge in [0, 0.05) is 12.8 Å². The first-order valence-electron chi connectivity index (χ1n) is 37.5. The fourth-order valence-corrected chi connectivity index (χ4v) is 12.0. The minimum Gasteiger partial charge on any atom is -0.456 e. The fourth-order valence-electron chi connectivity index (χ4n) is 11.2. The van der Waals surface area contributed by atoms with Crippen LogP contribution in [0.2, 0.25) is 0 Å². The van der Waals surface area contributed by atoms with E-state index in [4.69, 9.17) is 13.8 Å². The minimum atomic E-state index is -4.45. The van der Waals surface area contributed by atoms with E-state index in [-0.39, 0.29) is 25.1 Å². The van der Waals surface area contributed by atoms with Gasteiger partial charge in [-0.25, -0.2) is 4.57 Å². The second-order valence-corrected chi connectivity index (χ2v) is 28.3. The molecule has 0 spiro atoms. The number of ether oxygens (including phenoxy) is 1. The SMILES string of the molecule is CCCCC/C=C\C/C=C\C/C=C\CCCCCCCCCCCCCCC(=O)NC(COP(=O)(O)OCC[N+](C)(C)C)C(/C=C/CCCCCCCCCCCC)OC(=O)CCCCCCCCCCCCCCCCCCCCCCCCC. The van der Waals surface area contributed by atoms with Gasteiger partial charge in [-0.2, -0.15) is 0 Å². The first-order chi connectivity index (χ1) is 41.9. The maximum absolute atomic E-state index is 13.6. The number of hydrogen-bond acceptors (Lipinski definition) is 6. The number of phosphoric ester groups is 1. The molecule has 0 aromatic carbocycles. The summed E-state index contributed by atoms with van der Waals surface area (Å²) in [5, 5.41) is 3.08. The Balaban J connectivity index is 4.99. The molecule has 0 aliphatic heterocycles. The summed E-state index contributed by atoms with van der Waals surface area (Å²) in [5.74, 6) is -0.487. The lowest BCUT2D eigenvalue weighted by molar-refractivity contribution is -0.870. The highest BCUT2D eigenvalue weighted by Crippen LogP contribution is 2.43. The summed E-state index contributed by atoms with van der Waals surface area (Å²) < 4.78 is 30.9. The number of esters is 1. The lowest BCUT2D eigenvalue weighted by atomic mass is 10.0. The van der Waals surface area contributed by atoms with Gasteiger partial charge in [0.2, 0.25) is 5.91 Å². The van der Waals surface area contributed by atoms with Crippen LogP contribution in [0.3, 0.4) is 0 Å². The van der Waals surface area contributed by atoms with Gasteiger partial charge >= 0.3 is 13.8 Å². The summed E-state index contributed by atoms with van der Waals surface area (Å²) in [7, 11) is 1.51. The van der Waals surface area contributed by atoms with Crippen LogP contribution in [0.1, 0.15) is 374 Å². The van der Waals surface area contributed by atoms with Crippen molar-refractivity contribution >= 4 is 19.7 Å². The Hall–Kier alpha value is -2.03. The van der Waals surface area contributed by atoms with Gasteiger partial charge in [0.1, 0.15) is 19.3 Å². The molecule has 0 aromatic rings. The number of phosphoric acid groups is 1. The molecule has 0 bridgehead atoms. The zero-order valence-corrected chi connectivity index (χ0v) is 59.0. The monoisotopic (exact) mass is 1230 g/mol. The average Bonchev–Trinajstić information content (AvgIpc) is 3.69. The smallest absolute Gasteiger partial charge is 0.456 e. The van der Waals surface area contributed by atoms with Crippen LogP contribution in [0.4, 0.5) is 0 Å². The molecule has 0 saturated heterocycles. The molecular formula is C76H146N2O7P+. The zero-order valence-electron chi connectivity index (χ0n) is 58.1. The molecule has 2 N–H and O–H groups in total. The van der Waals surface area contributed by atoms with E-state index in [1.165, 1.54) is 270 Å². The zero-order chi connectivity index (χ0) is 62.8. The molecule has 0 aliphatic rings. The Morgan fingerprint density at radius 3 is 1.08 bits per heavy atom. The summed E-state index contributed by atoms with van der Waals surface area (Å²) in [6.07, 6.45) is 84.2. The third-order valence-corrected chi connectivity index (χ3v) is 18.0. The number of likely N-dealkylation sites (N-methyl/N-ethyl adjacent to an activating group) is 1. The average molecular weight is 1230 g/mol. The highest BCUT2D eigenvalue weighted by atomic mass is 31.2. The van der Waals surface area contributed by atoms with Crippen LogP contribution in [0.25, 0.3) is 0 Å².